The highest BCUT2D eigenvalue weighted by Gasteiger charge is 2.22. The van der Waals surface area contributed by atoms with E-state index in [1.807, 2.05) is 19.1 Å². The number of hydrogen-bond donors (Lipinski definition) is 1. The number of hydrogen-bond acceptors (Lipinski definition) is 5. The zero-order valence-corrected chi connectivity index (χ0v) is 17.4. The van der Waals surface area contributed by atoms with Crippen LogP contribution in [0.2, 0.25) is 5.02 Å². The summed E-state index contributed by atoms with van der Waals surface area (Å²) in [6.45, 7) is 7.68. The minimum absolute atomic E-state index is 0.0943. The molecule has 146 valence electrons. The third-order valence-electron chi connectivity index (χ3n) is 4.48. The largest absolute Gasteiger partial charge is 0.376 e. The van der Waals surface area contributed by atoms with Gasteiger partial charge in [-0.05, 0) is 37.5 Å². The fourth-order valence-electron chi connectivity index (χ4n) is 3.04. The second-order valence-electron chi connectivity index (χ2n) is 7.04. The van der Waals surface area contributed by atoms with E-state index in [9.17, 15) is 4.79 Å². The molecule has 0 radical (unpaired) electrons. The van der Waals surface area contributed by atoms with Crippen molar-refractivity contribution in [1.29, 1.82) is 0 Å². The zero-order valence-electron chi connectivity index (χ0n) is 15.9. The van der Waals surface area contributed by atoms with Crippen LogP contribution in [0.5, 0.6) is 0 Å². The van der Waals surface area contributed by atoms with E-state index in [1.165, 1.54) is 11.8 Å². The molecular weight excluding hydrogens is 384 g/mol. The Morgan fingerprint density at radius 1 is 1.44 bits per heavy atom. The van der Waals surface area contributed by atoms with Gasteiger partial charge in [0, 0.05) is 23.2 Å². The van der Waals surface area contributed by atoms with Crippen LogP contribution in [0.25, 0.3) is 0 Å². The van der Waals surface area contributed by atoms with E-state index in [1.54, 1.807) is 6.07 Å². The number of ether oxygens (including phenoxy) is 1. The number of thioether (sulfide) groups is 1. The van der Waals surface area contributed by atoms with E-state index in [0.29, 0.717) is 5.02 Å². The molecule has 1 saturated heterocycles. The molecule has 3 rings (SSSR count). The fourth-order valence-corrected chi connectivity index (χ4v) is 3.97. The predicted octanol–water partition coefficient (Wildman–Crippen LogP) is 4.27. The van der Waals surface area contributed by atoms with Crippen molar-refractivity contribution < 1.29 is 9.53 Å². The van der Waals surface area contributed by atoms with Crippen LogP contribution in [0.4, 0.5) is 5.69 Å². The molecule has 1 fully saturated rings. The molecule has 0 spiro atoms. The number of nitrogens with zero attached hydrogens (tertiary/aromatic N) is 3. The van der Waals surface area contributed by atoms with Gasteiger partial charge in [-0.15, -0.1) is 10.2 Å². The highest BCUT2D eigenvalue weighted by atomic mass is 35.5. The lowest BCUT2D eigenvalue weighted by atomic mass is 10.2. The van der Waals surface area contributed by atoms with Gasteiger partial charge in [0.2, 0.25) is 5.91 Å². The number of halogens is 1. The average Bonchev–Trinajstić information content (AvgIpc) is 3.27. The topological polar surface area (TPSA) is 69.0 Å². The number of carbonyl (C=O) groups is 1. The molecule has 1 amide bonds. The molecule has 2 heterocycles. The van der Waals surface area contributed by atoms with Crippen molar-refractivity contribution in [1.82, 2.24) is 14.8 Å². The number of anilines is 1. The Balaban J connectivity index is 1.66. The first-order valence-electron chi connectivity index (χ1n) is 9.17. The first-order chi connectivity index (χ1) is 12.9. The summed E-state index contributed by atoms with van der Waals surface area (Å²) in [6.07, 6.45) is 2.34. The smallest absolute Gasteiger partial charge is 0.234 e. The number of aromatic nitrogens is 3. The lowest BCUT2D eigenvalue weighted by Gasteiger charge is -2.16. The SMILES string of the molecule is Cc1ccc(Cl)cc1NC(=O)CSc1nnc(C(C)C)n1CC1CCCO1. The third kappa shape index (κ3) is 5.24. The number of rotatable bonds is 7. The van der Waals surface area contributed by atoms with Crippen LogP contribution < -0.4 is 5.32 Å². The average molecular weight is 409 g/mol. The maximum absolute atomic E-state index is 12.4. The van der Waals surface area contributed by atoms with E-state index in [2.05, 4.69) is 33.9 Å². The molecule has 1 unspecified atom stereocenters. The molecule has 8 heteroatoms. The van der Waals surface area contributed by atoms with Gasteiger partial charge in [-0.2, -0.15) is 0 Å². The van der Waals surface area contributed by atoms with E-state index in [-0.39, 0.29) is 23.7 Å². The molecule has 0 aliphatic carbocycles. The summed E-state index contributed by atoms with van der Waals surface area (Å²) in [5.74, 6) is 1.35. The number of amides is 1. The summed E-state index contributed by atoms with van der Waals surface area (Å²) < 4.78 is 7.87. The molecule has 1 atom stereocenters. The minimum Gasteiger partial charge on any atom is -0.376 e. The van der Waals surface area contributed by atoms with E-state index in [0.717, 1.165) is 48.2 Å². The Hall–Kier alpha value is -1.57. The Labute approximate surface area is 169 Å². The lowest BCUT2D eigenvalue weighted by molar-refractivity contribution is -0.113. The second-order valence-corrected chi connectivity index (χ2v) is 8.42. The summed E-state index contributed by atoms with van der Waals surface area (Å²) in [6, 6.07) is 5.46. The van der Waals surface area contributed by atoms with Crippen molar-refractivity contribution >= 4 is 35.0 Å². The standard InChI is InChI=1S/C19H25ClN4O2S/c1-12(2)18-22-23-19(24(18)10-15-5-4-8-26-15)27-11-17(25)21-16-9-14(20)7-6-13(16)3/h6-7,9,12,15H,4-5,8,10-11H2,1-3H3,(H,21,25). The molecule has 1 aromatic heterocycles. The molecule has 2 aromatic rings. The van der Waals surface area contributed by atoms with Crippen LogP contribution in [-0.2, 0) is 16.1 Å². The molecule has 27 heavy (non-hydrogen) atoms. The van der Waals surface area contributed by atoms with Crippen molar-refractivity contribution in [2.45, 2.75) is 57.3 Å². The Bertz CT molecular complexity index is 803. The van der Waals surface area contributed by atoms with Crippen LogP contribution in [0.3, 0.4) is 0 Å². The number of nitrogens with one attached hydrogen (secondary N) is 1. The molecule has 0 saturated carbocycles. The van der Waals surface area contributed by atoms with Crippen LogP contribution in [0.1, 0.15) is 44.0 Å². The van der Waals surface area contributed by atoms with Gasteiger partial charge in [0.25, 0.3) is 0 Å². The monoisotopic (exact) mass is 408 g/mol. The van der Waals surface area contributed by atoms with Crippen LogP contribution in [-0.4, -0.2) is 39.1 Å². The van der Waals surface area contributed by atoms with Crippen molar-refractivity contribution in [3.05, 3.63) is 34.6 Å². The molecule has 1 N–H and O–H groups in total. The molecular formula is C19H25ClN4O2S. The number of aryl methyl sites for hydroxylation is 1. The first-order valence-corrected chi connectivity index (χ1v) is 10.5. The van der Waals surface area contributed by atoms with Crippen molar-refractivity contribution in [3.8, 4) is 0 Å². The summed E-state index contributed by atoms with van der Waals surface area (Å²) >= 11 is 7.41. The van der Waals surface area contributed by atoms with Crippen molar-refractivity contribution in [2.24, 2.45) is 0 Å². The van der Waals surface area contributed by atoms with Crippen LogP contribution in [0, 0.1) is 6.92 Å². The van der Waals surface area contributed by atoms with Gasteiger partial charge in [-0.1, -0.05) is 43.3 Å². The molecule has 1 aliphatic rings. The molecule has 1 aromatic carbocycles. The Morgan fingerprint density at radius 2 is 2.26 bits per heavy atom. The van der Waals surface area contributed by atoms with E-state index >= 15 is 0 Å². The van der Waals surface area contributed by atoms with Gasteiger partial charge >= 0.3 is 0 Å². The fraction of sp³-hybridized carbons (Fsp3) is 0.526. The van der Waals surface area contributed by atoms with Gasteiger partial charge in [0.1, 0.15) is 5.82 Å². The maximum atomic E-state index is 12.4. The summed E-state index contributed by atoms with van der Waals surface area (Å²) in [5.41, 5.74) is 1.71. The maximum Gasteiger partial charge on any atom is 0.234 e. The lowest BCUT2D eigenvalue weighted by Crippen LogP contribution is -2.19. The highest BCUT2D eigenvalue weighted by Crippen LogP contribution is 2.25. The molecule has 6 nitrogen and oxygen atoms in total. The summed E-state index contributed by atoms with van der Waals surface area (Å²) in [4.78, 5) is 12.4. The van der Waals surface area contributed by atoms with Crippen LogP contribution in [0.15, 0.2) is 23.4 Å². The van der Waals surface area contributed by atoms with Crippen molar-refractivity contribution in [2.75, 3.05) is 17.7 Å². The summed E-state index contributed by atoms with van der Waals surface area (Å²) in [7, 11) is 0. The van der Waals surface area contributed by atoms with Gasteiger partial charge in [-0.25, -0.2) is 0 Å². The quantitative estimate of drug-likeness (QED) is 0.692. The van der Waals surface area contributed by atoms with Gasteiger partial charge in [0.15, 0.2) is 5.16 Å². The summed E-state index contributed by atoms with van der Waals surface area (Å²) in [5, 5.41) is 12.9. The van der Waals surface area contributed by atoms with Gasteiger partial charge in [0.05, 0.1) is 18.4 Å². The number of benzene rings is 1. The predicted molar refractivity (Wildman–Crippen MR) is 109 cm³/mol. The molecule has 1 aliphatic heterocycles. The minimum atomic E-state index is -0.0943. The number of carbonyl (C=O) groups excluding carboxylic acids is 1. The Kier molecular flexibility index (Phi) is 6.78. The zero-order chi connectivity index (χ0) is 19.4. The van der Waals surface area contributed by atoms with Gasteiger partial charge < -0.3 is 14.6 Å². The molecule has 0 bridgehead atoms. The first kappa shape index (κ1) is 20.2. The third-order valence-corrected chi connectivity index (χ3v) is 5.68. The van der Waals surface area contributed by atoms with E-state index in [4.69, 9.17) is 16.3 Å². The van der Waals surface area contributed by atoms with Crippen LogP contribution >= 0.6 is 23.4 Å². The van der Waals surface area contributed by atoms with Crippen molar-refractivity contribution in [3.63, 3.8) is 0 Å². The Morgan fingerprint density at radius 3 is 2.96 bits per heavy atom. The normalized spacial score (nSPS) is 16.9. The van der Waals surface area contributed by atoms with E-state index < -0.39 is 0 Å². The highest BCUT2D eigenvalue weighted by molar-refractivity contribution is 7.99. The second kappa shape index (κ2) is 9.08. The van der Waals surface area contributed by atoms with Gasteiger partial charge in [-0.3, -0.25) is 4.79 Å².